The van der Waals surface area contributed by atoms with Gasteiger partial charge in [-0.3, -0.25) is 0 Å². The summed E-state index contributed by atoms with van der Waals surface area (Å²) in [5.41, 5.74) is 0.389. The van der Waals surface area contributed by atoms with Crippen LogP contribution in [0.5, 0.6) is 0 Å². The van der Waals surface area contributed by atoms with Crippen molar-refractivity contribution in [1.29, 1.82) is 0 Å². The molecule has 0 aromatic carbocycles. The van der Waals surface area contributed by atoms with Gasteiger partial charge in [-0.15, -0.1) is 0 Å². The maximum Gasteiger partial charge on any atom is 0.0116 e. The maximum atomic E-state index is 3.74. The molecule has 0 aromatic heterocycles. The van der Waals surface area contributed by atoms with Gasteiger partial charge in [0.15, 0.2) is 0 Å². The molecule has 0 saturated heterocycles. The third kappa shape index (κ3) is 9.49. The average Bonchev–Trinajstić information content (AvgIpc) is 2.35. The fourth-order valence-electron chi connectivity index (χ4n) is 2.82. The van der Waals surface area contributed by atoms with Crippen molar-refractivity contribution < 1.29 is 0 Å². The van der Waals surface area contributed by atoms with Crippen molar-refractivity contribution in [2.75, 3.05) is 6.54 Å². The first-order chi connectivity index (χ1) is 8.95. The predicted molar refractivity (Wildman–Crippen MR) is 88.7 cm³/mol. The summed E-state index contributed by atoms with van der Waals surface area (Å²) in [5, 5.41) is 3.74. The molecule has 0 heterocycles. The zero-order valence-electron chi connectivity index (χ0n) is 14.5. The Bertz CT molecular complexity index is 192. The van der Waals surface area contributed by atoms with Crippen LogP contribution in [0.2, 0.25) is 0 Å². The summed E-state index contributed by atoms with van der Waals surface area (Å²) in [5.74, 6) is 0.965. The fraction of sp³-hybridized carbons (Fsp3) is 1.00. The van der Waals surface area contributed by atoms with Crippen LogP contribution in [0.4, 0.5) is 0 Å². The van der Waals surface area contributed by atoms with Crippen LogP contribution < -0.4 is 5.32 Å². The number of rotatable bonds is 11. The van der Waals surface area contributed by atoms with Crippen LogP contribution in [0.25, 0.3) is 0 Å². The Morgan fingerprint density at radius 3 is 1.95 bits per heavy atom. The van der Waals surface area contributed by atoms with Crippen molar-refractivity contribution in [1.82, 2.24) is 5.32 Å². The molecule has 1 nitrogen and oxygen atoms in total. The zero-order valence-corrected chi connectivity index (χ0v) is 14.5. The summed E-state index contributed by atoms with van der Waals surface area (Å²) in [6, 6.07) is 0.677. The topological polar surface area (TPSA) is 12.0 Å². The summed E-state index contributed by atoms with van der Waals surface area (Å²) in [6.45, 7) is 15.2. The molecule has 0 aromatic rings. The molecule has 1 N–H and O–H groups in total. The van der Waals surface area contributed by atoms with E-state index in [4.69, 9.17) is 0 Å². The van der Waals surface area contributed by atoms with Gasteiger partial charge in [-0.2, -0.15) is 0 Å². The highest BCUT2D eigenvalue weighted by Gasteiger charge is 2.23. The van der Waals surface area contributed by atoms with E-state index in [1.54, 1.807) is 0 Å². The lowest BCUT2D eigenvalue weighted by Gasteiger charge is -2.32. The predicted octanol–water partition coefficient (Wildman–Crippen LogP) is 5.79. The van der Waals surface area contributed by atoms with Gasteiger partial charge in [-0.05, 0) is 30.7 Å². The zero-order chi connectivity index (χ0) is 14.7. The standard InChI is InChI=1S/C18H39N/c1-7-10-12-16(9-3)13-11-14-17(18(4,5)6)19-15-8-2/h16-17,19H,7-15H2,1-6H3. The number of unbranched alkanes of at least 4 members (excludes halogenated alkanes) is 1. The highest BCUT2D eigenvalue weighted by atomic mass is 14.9. The van der Waals surface area contributed by atoms with Crippen molar-refractivity contribution >= 4 is 0 Å². The quantitative estimate of drug-likeness (QED) is 0.501. The Hall–Kier alpha value is -0.0400. The van der Waals surface area contributed by atoms with Crippen LogP contribution >= 0.6 is 0 Å². The van der Waals surface area contributed by atoms with Crippen molar-refractivity contribution in [3.05, 3.63) is 0 Å². The molecule has 2 unspecified atom stereocenters. The van der Waals surface area contributed by atoms with Crippen molar-refractivity contribution in [3.8, 4) is 0 Å². The SMILES string of the molecule is CCCCC(CC)CCCC(NCCC)C(C)(C)C. The monoisotopic (exact) mass is 269 g/mol. The van der Waals surface area contributed by atoms with E-state index in [0.717, 1.165) is 12.5 Å². The Balaban J connectivity index is 4.02. The second-order valence-electron chi connectivity index (χ2n) is 7.22. The molecule has 0 amide bonds. The third-order valence-corrected chi connectivity index (χ3v) is 4.33. The molecule has 0 aliphatic carbocycles. The highest BCUT2D eigenvalue weighted by Crippen LogP contribution is 2.26. The molecular weight excluding hydrogens is 230 g/mol. The molecule has 19 heavy (non-hydrogen) atoms. The van der Waals surface area contributed by atoms with E-state index in [1.807, 2.05) is 0 Å². The van der Waals surface area contributed by atoms with Crippen LogP contribution in [0.15, 0.2) is 0 Å². The van der Waals surface area contributed by atoms with Gasteiger partial charge in [0.2, 0.25) is 0 Å². The molecule has 0 bridgehead atoms. The van der Waals surface area contributed by atoms with Crippen molar-refractivity contribution in [2.24, 2.45) is 11.3 Å². The van der Waals surface area contributed by atoms with E-state index < -0.39 is 0 Å². The Morgan fingerprint density at radius 1 is 0.842 bits per heavy atom. The summed E-state index contributed by atoms with van der Waals surface area (Å²) in [6.07, 6.45) is 11.0. The lowest BCUT2D eigenvalue weighted by Crippen LogP contribution is -2.40. The third-order valence-electron chi connectivity index (χ3n) is 4.33. The van der Waals surface area contributed by atoms with Gasteiger partial charge in [0.1, 0.15) is 0 Å². The molecular formula is C18H39N. The van der Waals surface area contributed by atoms with Gasteiger partial charge >= 0.3 is 0 Å². The summed E-state index contributed by atoms with van der Waals surface area (Å²) in [7, 11) is 0. The van der Waals surface area contributed by atoms with E-state index in [1.165, 1.54) is 51.4 Å². The largest absolute Gasteiger partial charge is 0.313 e. The highest BCUT2D eigenvalue weighted by molar-refractivity contribution is 4.80. The van der Waals surface area contributed by atoms with Crippen LogP contribution in [0, 0.1) is 11.3 Å². The minimum atomic E-state index is 0.389. The first kappa shape index (κ1) is 19.0. The molecule has 0 spiro atoms. The molecule has 1 heteroatoms. The summed E-state index contributed by atoms with van der Waals surface area (Å²) in [4.78, 5) is 0. The van der Waals surface area contributed by atoms with Crippen LogP contribution in [0.3, 0.4) is 0 Å². The van der Waals surface area contributed by atoms with Gasteiger partial charge in [0.25, 0.3) is 0 Å². The van der Waals surface area contributed by atoms with Gasteiger partial charge in [0.05, 0.1) is 0 Å². The first-order valence-electron chi connectivity index (χ1n) is 8.69. The molecule has 0 aliphatic rings. The van der Waals surface area contributed by atoms with Gasteiger partial charge < -0.3 is 5.32 Å². The Kier molecular flexibility index (Phi) is 10.7. The molecule has 0 rings (SSSR count). The number of hydrogen-bond donors (Lipinski definition) is 1. The molecule has 116 valence electrons. The molecule has 0 fully saturated rings. The number of nitrogens with one attached hydrogen (secondary N) is 1. The lowest BCUT2D eigenvalue weighted by atomic mass is 9.82. The second kappa shape index (κ2) is 10.7. The summed E-state index contributed by atoms with van der Waals surface area (Å²) >= 11 is 0. The van der Waals surface area contributed by atoms with Gasteiger partial charge in [0, 0.05) is 6.04 Å². The van der Waals surface area contributed by atoms with Crippen molar-refractivity contribution in [2.45, 2.75) is 99.0 Å². The number of hydrogen-bond acceptors (Lipinski definition) is 1. The summed E-state index contributed by atoms with van der Waals surface area (Å²) < 4.78 is 0. The van der Waals surface area contributed by atoms with E-state index in [0.29, 0.717) is 11.5 Å². The second-order valence-corrected chi connectivity index (χ2v) is 7.22. The normalized spacial score (nSPS) is 15.5. The minimum Gasteiger partial charge on any atom is -0.313 e. The Labute approximate surface area is 122 Å². The molecule has 0 aliphatic heterocycles. The van der Waals surface area contributed by atoms with Crippen LogP contribution in [-0.2, 0) is 0 Å². The van der Waals surface area contributed by atoms with Crippen LogP contribution in [0.1, 0.15) is 92.9 Å². The van der Waals surface area contributed by atoms with E-state index in [2.05, 4.69) is 46.9 Å². The lowest BCUT2D eigenvalue weighted by molar-refractivity contribution is 0.243. The molecule has 0 radical (unpaired) electrons. The molecule has 2 atom stereocenters. The maximum absolute atomic E-state index is 3.74. The average molecular weight is 270 g/mol. The van der Waals surface area contributed by atoms with Crippen molar-refractivity contribution in [3.63, 3.8) is 0 Å². The van der Waals surface area contributed by atoms with E-state index in [-0.39, 0.29) is 0 Å². The Morgan fingerprint density at radius 2 is 1.47 bits per heavy atom. The van der Waals surface area contributed by atoms with E-state index >= 15 is 0 Å². The van der Waals surface area contributed by atoms with Crippen LogP contribution in [-0.4, -0.2) is 12.6 Å². The smallest absolute Gasteiger partial charge is 0.0116 e. The minimum absolute atomic E-state index is 0.389. The molecule has 0 saturated carbocycles. The first-order valence-corrected chi connectivity index (χ1v) is 8.69. The van der Waals surface area contributed by atoms with Gasteiger partial charge in [-0.25, -0.2) is 0 Å². The fourth-order valence-corrected chi connectivity index (χ4v) is 2.82. The van der Waals surface area contributed by atoms with Gasteiger partial charge in [-0.1, -0.05) is 80.1 Å². The van der Waals surface area contributed by atoms with E-state index in [9.17, 15) is 0 Å².